The van der Waals surface area contributed by atoms with Crippen molar-refractivity contribution in [3.63, 3.8) is 0 Å². The summed E-state index contributed by atoms with van der Waals surface area (Å²) < 4.78 is 5.20. The van der Waals surface area contributed by atoms with Crippen LogP contribution in [-0.4, -0.2) is 57.0 Å². The molecule has 7 N–H and O–H groups in total. The molecule has 1 saturated heterocycles. The topological polar surface area (TPSA) is 145 Å². The van der Waals surface area contributed by atoms with Gasteiger partial charge in [0.05, 0.1) is 21.4 Å². The van der Waals surface area contributed by atoms with Gasteiger partial charge in [-0.1, -0.05) is 35.3 Å². The summed E-state index contributed by atoms with van der Waals surface area (Å²) >= 11 is 12.3. The van der Waals surface area contributed by atoms with Gasteiger partial charge >= 0.3 is 5.97 Å². The van der Waals surface area contributed by atoms with Gasteiger partial charge in [0.2, 0.25) is 0 Å². The summed E-state index contributed by atoms with van der Waals surface area (Å²) in [6, 6.07) is 10.5. The van der Waals surface area contributed by atoms with Crippen molar-refractivity contribution in [1.29, 1.82) is 0 Å². The van der Waals surface area contributed by atoms with Crippen molar-refractivity contribution in [2.24, 2.45) is 0 Å². The molecule has 0 radical (unpaired) electrons. The summed E-state index contributed by atoms with van der Waals surface area (Å²) in [4.78, 5) is 11.2. The highest BCUT2D eigenvalue weighted by Gasteiger charge is 2.47. The first-order valence-electron chi connectivity index (χ1n) is 8.68. The first kappa shape index (κ1) is 21.6. The molecule has 5 atom stereocenters. The minimum atomic E-state index is -1.76. The number of benzene rings is 2. The van der Waals surface area contributed by atoms with Crippen molar-refractivity contribution in [3.05, 3.63) is 57.6 Å². The maximum absolute atomic E-state index is 11.2. The van der Waals surface area contributed by atoms with Crippen LogP contribution in [0.1, 0.15) is 11.1 Å². The molecule has 10 heteroatoms. The van der Waals surface area contributed by atoms with E-state index in [1.165, 1.54) is 0 Å². The third-order valence-corrected chi connectivity index (χ3v) is 5.30. The van der Waals surface area contributed by atoms with E-state index in [2.05, 4.69) is 5.32 Å². The Labute approximate surface area is 176 Å². The molecule has 0 bridgehead atoms. The molecule has 29 heavy (non-hydrogen) atoms. The van der Waals surface area contributed by atoms with Crippen molar-refractivity contribution in [1.82, 2.24) is 0 Å². The molecule has 3 rings (SSSR count). The number of hydrogen-bond acceptors (Lipinski definition) is 7. The summed E-state index contributed by atoms with van der Waals surface area (Å²) in [6.45, 7) is 0. The summed E-state index contributed by atoms with van der Waals surface area (Å²) in [7, 11) is 0. The number of aliphatic hydroxyl groups is 3. The lowest BCUT2D eigenvalue weighted by Crippen LogP contribution is -2.61. The molecule has 2 aromatic carbocycles. The monoisotopic (exact) mass is 442 g/mol. The van der Waals surface area contributed by atoms with E-state index >= 15 is 0 Å². The molecule has 0 amide bonds. The Morgan fingerprint density at radius 1 is 1.00 bits per heavy atom. The van der Waals surface area contributed by atoms with Crippen LogP contribution < -0.4 is 11.1 Å². The van der Waals surface area contributed by atoms with Crippen LogP contribution in [0.25, 0.3) is 0 Å². The molecule has 1 fully saturated rings. The lowest BCUT2D eigenvalue weighted by molar-refractivity contribution is -0.221. The maximum atomic E-state index is 11.2. The Bertz CT molecular complexity index is 912. The number of hydrogen-bond donors (Lipinski definition) is 6. The highest BCUT2D eigenvalue weighted by Crippen LogP contribution is 2.29. The fourth-order valence-electron chi connectivity index (χ4n) is 3.06. The van der Waals surface area contributed by atoms with Gasteiger partial charge in [-0.3, -0.25) is 0 Å². The van der Waals surface area contributed by atoms with Crippen LogP contribution in [0.4, 0.5) is 11.4 Å². The van der Waals surface area contributed by atoms with Gasteiger partial charge in [0, 0.05) is 0 Å². The molecule has 8 nitrogen and oxygen atoms in total. The second-order valence-corrected chi connectivity index (χ2v) is 7.59. The Morgan fingerprint density at radius 2 is 1.62 bits per heavy atom. The predicted molar refractivity (Wildman–Crippen MR) is 108 cm³/mol. The fourth-order valence-corrected chi connectivity index (χ4v) is 3.52. The number of aliphatic hydroxyl groups excluding tert-OH is 3. The first-order valence-corrected chi connectivity index (χ1v) is 9.44. The molecule has 0 spiro atoms. The highest BCUT2D eigenvalue weighted by atomic mass is 35.5. The number of halogens is 2. The smallest absolute Gasteiger partial charge is 0.335 e. The zero-order valence-corrected chi connectivity index (χ0v) is 16.5. The number of aliphatic carboxylic acids is 1. The molecule has 1 aliphatic rings. The summed E-state index contributed by atoms with van der Waals surface area (Å²) in [5.74, 6) is -1.46. The van der Waals surface area contributed by atoms with Crippen LogP contribution >= 0.6 is 23.2 Å². The zero-order chi connectivity index (χ0) is 21.3. The van der Waals surface area contributed by atoms with Gasteiger partial charge in [-0.2, -0.15) is 0 Å². The van der Waals surface area contributed by atoms with Crippen LogP contribution in [-0.2, 0) is 16.0 Å². The molecule has 0 saturated carbocycles. The van der Waals surface area contributed by atoms with Crippen LogP contribution in [0.2, 0.25) is 10.0 Å². The molecular weight excluding hydrogens is 423 g/mol. The van der Waals surface area contributed by atoms with Gasteiger partial charge in [0.15, 0.2) is 12.3 Å². The minimum absolute atomic E-state index is 0.298. The number of rotatable bonds is 5. The van der Waals surface area contributed by atoms with Crippen LogP contribution in [0.3, 0.4) is 0 Å². The highest BCUT2D eigenvalue weighted by molar-refractivity contribution is 6.33. The van der Waals surface area contributed by atoms with Crippen molar-refractivity contribution >= 4 is 40.5 Å². The Balaban J connectivity index is 1.74. The first-order chi connectivity index (χ1) is 13.7. The van der Waals surface area contributed by atoms with Gasteiger partial charge in [0.25, 0.3) is 0 Å². The quantitative estimate of drug-likeness (QED) is 0.381. The van der Waals surface area contributed by atoms with E-state index in [9.17, 15) is 20.1 Å². The van der Waals surface area contributed by atoms with E-state index in [0.29, 0.717) is 27.8 Å². The number of ether oxygens (including phenoxy) is 1. The van der Waals surface area contributed by atoms with Crippen LogP contribution in [0, 0.1) is 0 Å². The average Bonchev–Trinajstić information content (AvgIpc) is 2.66. The third kappa shape index (κ3) is 4.75. The van der Waals surface area contributed by atoms with E-state index in [1.54, 1.807) is 30.3 Å². The van der Waals surface area contributed by atoms with Crippen molar-refractivity contribution in [3.8, 4) is 0 Å². The summed E-state index contributed by atoms with van der Waals surface area (Å²) in [5, 5.41) is 42.4. The van der Waals surface area contributed by atoms with Crippen molar-refractivity contribution in [2.75, 3.05) is 11.1 Å². The maximum Gasteiger partial charge on any atom is 0.335 e. The van der Waals surface area contributed by atoms with Crippen LogP contribution in [0.15, 0.2) is 36.4 Å². The predicted octanol–water partition coefficient (Wildman–Crippen LogP) is 1.47. The SMILES string of the molecule is Nc1ccc(Cc2ccc(N[C@@H]3O[C@H](C(=O)O)[C@@H](O)[C@H](O)[C@H]3O)c(Cl)c2)cc1Cl. The molecule has 1 aliphatic heterocycles. The lowest BCUT2D eigenvalue weighted by Gasteiger charge is -2.39. The number of nitrogens with two attached hydrogens (primary N) is 1. The van der Waals surface area contributed by atoms with E-state index in [4.69, 9.17) is 38.8 Å². The zero-order valence-electron chi connectivity index (χ0n) is 15.0. The lowest BCUT2D eigenvalue weighted by atomic mass is 9.98. The van der Waals surface area contributed by atoms with E-state index in [0.717, 1.165) is 11.1 Å². The second kappa shape index (κ2) is 8.74. The van der Waals surface area contributed by atoms with Gasteiger partial charge in [-0.15, -0.1) is 0 Å². The number of anilines is 2. The molecular formula is C19H20Cl2N2O6. The van der Waals surface area contributed by atoms with Gasteiger partial charge in [0.1, 0.15) is 18.3 Å². The van der Waals surface area contributed by atoms with Gasteiger partial charge in [-0.05, 0) is 41.8 Å². The second-order valence-electron chi connectivity index (χ2n) is 6.78. The molecule has 156 valence electrons. The normalized spacial score (nSPS) is 26.9. The van der Waals surface area contributed by atoms with Crippen LogP contribution in [0.5, 0.6) is 0 Å². The van der Waals surface area contributed by atoms with Crippen molar-refractivity contribution < 1.29 is 30.0 Å². The van der Waals surface area contributed by atoms with Gasteiger partial charge in [-0.25, -0.2) is 4.79 Å². The molecule has 0 unspecified atom stereocenters. The fraction of sp³-hybridized carbons (Fsp3) is 0.316. The van der Waals surface area contributed by atoms with Crippen molar-refractivity contribution in [2.45, 2.75) is 37.1 Å². The molecule has 1 heterocycles. The van der Waals surface area contributed by atoms with E-state index in [1.807, 2.05) is 6.07 Å². The number of carboxylic acid groups (broad SMARTS) is 1. The van der Waals surface area contributed by atoms with Gasteiger partial charge < -0.3 is 36.2 Å². The molecule has 0 aromatic heterocycles. The third-order valence-electron chi connectivity index (χ3n) is 4.66. The standard InChI is InChI=1S/C19H20Cl2N2O6/c20-10-6-8(1-3-12(10)22)5-9-2-4-13(11(21)7-9)23-18-16(26)14(24)15(25)17(29-18)19(27)28/h1-4,6-7,14-18,23-26H,5,22H2,(H,27,28)/t14-,15-,16+,17-,18+/m0/s1. The minimum Gasteiger partial charge on any atom is -0.479 e. The Kier molecular flexibility index (Phi) is 6.52. The average molecular weight is 443 g/mol. The summed E-state index contributed by atoms with van der Waals surface area (Å²) in [5.41, 5.74) is 8.38. The number of nitrogen functional groups attached to an aromatic ring is 1. The Morgan fingerprint density at radius 3 is 2.21 bits per heavy atom. The summed E-state index contributed by atoms with van der Waals surface area (Å²) in [6.07, 6.45) is -7.45. The molecule has 2 aromatic rings. The van der Waals surface area contributed by atoms with E-state index < -0.39 is 36.6 Å². The number of carboxylic acids is 1. The largest absolute Gasteiger partial charge is 0.479 e. The number of nitrogens with one attached hydrogen (secondary N) is 1. The molecule has 0 aliphatic carbocycles. The number of carbonyl (C=O) groups is 1. The van der Waals surface area contributed by atoms with E-state index in [-0.39, 0.29) is 0 Å². The Hall–Kier alpha value is -2.07.